The molecule has 1 N–H and O–H groups in total. The van der Waals surface area contributed by atoms with Gasteiger partial charge in [-0.25, -0.2) is 9.97 Å². The van der Waals surface area contributed by atoms with E-state index >= 15 is 0 Å². The molecule has 78 valence electrons. The molecule has 2 aromatic heterocycles. The molecule has 0 aliphatic carbocycles. The molecule has 0 unspecified atom stereocenters. The van der Waals surface area contributed by atoms with Gasteiger partial charge in [-0.1, -0.05) is 0 Å². The third-order valence-corrected chi connectivity index (χ3v) is 2.10. The Morgan fingerprint density at radius 3 is 2.80 bits per heavy atom. The Kier molecular flexibility index (Phi) is 2.92. The fraction of sp³-hybridized carbons (Fsp3) is 0.300. The Bertz CT molecular complexity index is 409. The van der Waals surface area contributed by atoms with Gasteiger partial charge in [0.1, 0.15) is 0 Å². The van der Waals surface area contributed by atoms with Gasteiger partial charge in [0, 0.05) is 25.1 Å². The SMILES string of the molecule is CCn1nccc1CNc1ncccn1. The van der Waals surface area contributed by atoms with E-state index in [1.165, 1.54) is 0 Å². The van der Waals surface area contributed by atoms with Crippen LogP contribution >= 0.6 is 0 Å². The number of aromatic nitrogens is 4. The Labute approximate surface area is 88.2 Å². The minimum atomic E-state index is 0.640. The highest BCUT2D eigenvalue weighted by molar-refractivity contribution is 5.23. The molecule has 0 saturated carbocycles. The van der Waals surface area contributed by atoms with E-state index in [0.717, 1.165) is 12.2 Å². The average Bonchev–Trinajstić information content (AvgIpc) is 2.75. The second-order valence-electron chi connectivity index (χ2n) is 3.06. The molecule has 0 saturated heterocycles. The lowest BCUT2D eigenvalue weighted by Gasteiger charge is -2.05. The Hall–Kier alpha value is -1.91. The van der Waals surface area contributed by atoms with Crippen LogP contribution in [0.5, 0.6) is 0 Å². The Morgan fingerprint density at radius 2 is 2.07 bits per heavy atom. The summed E-state index contributed by atoms with van der Waals surface area (Å²) < 4.78 is 1.94. The standard InChI is InChI=1S/C10H13N5/c1-2-15-9(4-7-14-15)8-13-10-11-5-3-6-12-10/h3-7H,2,8H2,1H3,(H,11,12,13). The summed E-state index contributed by atoms with van der Waals surface area (Å²) in [6.45, 7) is 3.63. The first-order chi connectivity index (χ1) is 7.40. The third kappa shape index (κ3) is 2.31. The smallest absolute Gasteiger partial charge is 0.222 e. The van der Waals surface area contributed by atoms with Gasteiger partial charge in [-0.05, 0) is 19.1 Å². The summed E-state index contributed by atoms with van der Waals surface area (Å²) in [7, 11) is 0. The van der Waals surface area contributed by atoms with Gasteiger partial charge in [-0.15, -0.1) is 0 Å². The van der Waals surface area contributed by atoms with Gasteiger partial charge in [-0.2, -0.15) is 5.10 Å². The van der Waals surface area contributed by atoms with Gasteiger partial charge in [0.15, 0.2) is 0 Å². The van der Waals surface area contributed by atoms with Crippen LogP contribution < -0.4 is 5.32 Å². The molecule has 2 aromatic rings. The molecule has 0 spiro atoms. The maximum Gasteiger partial charge on any atom is 0.222 e. The van der Waals surface area contributed by atoms with Crippen LogP contribution in [0.3, 0.4) is 0 Å². The molecule has 0 amide bonds. The van der Waals surface area contributed by atoms with Crippen molar-refractivity contribution in [3.05, 3.63) is 36.4 Å². The van der Waals surface area contributed by atoms with Gasteiger partial charge in [0.2, 0.25) is 5.95 Å². The van der Waals surface area contributed by atoms with Crippen LogP contribution in [-0.4, -0.2) is 19.7 Å². The monoisotopic (exact) mass is 203 g/mol. The van der Waals surface area contributed by atoms with Gasteiger partial charge < -0.3 is 5.32 Å². The zero-order valence-corrected chi connectivity index (χ0v) is 8.59. The summed E-state index contributed by atoms with van der Waals surface area (Å²) in [6, 6.07) is 3.78. The van der Waals surface area contributed by atoms with E-state index in [9.17, 15) is 0 Å². The van der Waals surface area contributed by atoms with E-state index in [1.807, 2.05) is 10.7 Å². The van der Waals surface area contributed by atoms with E-state index in [0.29, 0.717) is 12.5 Å². The lowest BCUT2D eigenvalue weighted by molar-refractivity contribution is 0.627. The van der Waals surface area contributed by atoms with Crippen molar-refractivity contribution in [3.8, 4) is 0 Å². The molecule has 0 aromatic carbocycles. The first-order valence-electron chi connectivity index (χ1n) is 4.91. The quantitative estimate of drug-likeness (QED) is 0.813. The Morgan fingerprint density at radius 1 is 1.27 bits per heavy atom. The molecular weight excluding hydrogens is 190 g/mol. The highest BCUT2D eigenvalue weighted by atomic mass is 15.3. The zero-order valence-electron chi connectivity index (χ0n) is 8.59. The predicted octanol–water partition coefficient (Wildman–Crippen LogP) is 1.31. The van der Waals surface area contributed by atoms with Crippen molar-refractivity contribution in [2.45, 2.75) is 20.0 Å². The van der Waals surface area contributed by atoms with Crippen molar-refractivity contribution >= 4 is 5.95 Å². The number of anilines is 1. The minimum absolute atomic E-state index is 0.640. The number of aryl methyl sites for hydroxylation is 1. The summed E-state index contributed by atoms with van der Waals surface area (Å²) in [5.74, 6) is 0.640. The fourth-order valence-corrected chi connectivity index (χ4v) is 1.35. The lowest BCUT2D eigenvalue weighted by Crippen LogP contribution is -2.09. The van der Waals surface area contributed by atoms with Crippen LogP contribution in [0, 0.1) is 0 Å². The van der Waals surface area contributed by atoms with Crippen LogP contribution in [0.2, 0.25) is 0 Å². The van der Waals surface area contributed by atoms with Gasteiger partial charge in [0.25, 0.3) is 0 Å². The molecule has 2 heterocycles. The van der Waals surface area contributed by atoms with Crippen LogP contribution in [-0.2, 0) is 13.1 Å². The number of rotatable bonds is 4. The maximum absolute atomic E-state index is 4.18. The number of hydrogen-bond acceptors (Lipinski definition) is 4. The molecule has 0 atom stereocenters. The number of nitrogens with zero attached hydrogens (tertiary/aromatic N) is 4. The van der Waals surface area contributed by atoms with Gasteiger partial charge in [0.05, 0.1) is 12.2 Å². The minimum Gasteiger partial charge on any atom is -0.349 e. The normalized spacial score (nSPS) is 10.2. The van der Waals surface area contributed by atoms with Crippen molar-refractivity contribution in [3.63, 3.8) is 0 Å². The van der Waals surface area contributed by atoms with E-state index < -0.39 is 0 Å². The van der Waals surface area contributed by atoms with E-state index in [-0.39, 0.29) is 0 Å². The lowest BCUT2D eigenvalue weighted by atomic mass is 10.4. The second-order valence-corrected chi connectivity index (χ2v) is 3.06. The molecule has 5 heteroatoms. The van der Waals surface area contributed by atoms with Crippen molar-refractivity contribution in [1.82, 2.24) is 19.7 Å². The largest absolute Gasteiger partial charge is 0.349 e. The van der Waals surface area contributed by atoms with Crippen molar-refractivity contribution in [1.29, 1.82) is 0 Å². The number of nitrogens with one attached hydrogen (secondary N) is 1. The van der Waals surface area contributed by atoms with Gasteiger partial charge >= 0.3 is 0 Å². The zero-order chi connectivity index (χ0) is 10.5. The van der Waals surface area contributed by atoms with E-state index in [1.54, 1.807) is 24.7 Å². The summed E-state index contributed by atoms with van der Waals surface area (Å²) >= 11 is 0. The first kappa shape index (κ1) is 9.64. The molecule has 5 nitrogen and oxygen atoms in total. The van der Waals surface area contributed by atoms with E-state index in [2.05, 4.69) is 27.3 Å². The number of hydrogen-bond donors (Lipinski definition) is 1. The molecule has 0 aliphatic rings. The van der Waals surface area contributed by atoms with Crippen molar-refractivity contribution in [2.75, 3.05) is 5.32 Å². The highest BCUT2D eigenvalue weighted by Crippen LogP contribution is 2.02. The maximum atomic E-state index is 4.18. The van der Waals surface area contributed by atoms with Gasteiger partial charge in [-0.3, -0.25) is 4.68 Å². The summed E-state index contributed by atoms with van der Waals surface area (Å²) in [6.07, 6.45) is 5.23. The molecule has 15 heavy (non-hydrogen) atoms. The first-order valence-corrected chi connectivity index (χ1v) is 4.91. The molecular formula is C10H13N5. The van der Waals surface area contributed by atoms with Crippen LogP contribution in [0.1, 0.15) is 12.6 Å². The molecule has 0 radical (unpaired) electrons. The molecule has 2 rings (SSSR count). The topological polar surface area (TPSA) is 55.6 Å². The fourth-order valence-electron chi connectivity index (χ4n) is 1.35. The summed E-state index contributed by atoms with van der Waals surface area (Å²) in [5.41, 5.74) is 1.13. The van der Waals surface area contributed by atoms with Crippen molar-refractivity contribution in [2.24, 2.45) is 0 Å². The highest BCUT2D eigenvalue weighted by Gasteiger charge is 2.00. The Balaban J connectivity index is 1.99. The molecule has 0 aliphatic heterocycles. The van der Waals surface area contributed by atoms with Crippen LogP contribution in [0.4, 0.5) is 5.95 Å². The summed E-state index contributed by atoms with van der Waals surface area (Å²) in [5, 5.41) is 7.32. The molecule has 0 fully saturated rings. The summed E-state index contributed by atoms with van der Waals surface area (Å²) in [4.78, 5) is 8.16. The predicted molar refractivity (Wildman–Crippen MR) is 57.3 cm³/mol. The average molecular weight is 203 g/mol. The third-order valence-electron chi connectivity index (χ3n) is 2.10. The van der Waals surface area contributed by atoms with Crippen LogP contribution in [0.15, 0.2) is 30.7 Å². The van der Waals surface area contributed by atoms with Crippen LogP contribution in [0.25, 0.3) is 0 Å². The van der Waals surface area contributed by atoms with E-state index in [4.69, 9.17) is 0 Å². The molecule has 0 bridgehead atoms. The second kappa shape index (κ2) is 4.54. The van der Waals surface area contributed by atoms with Crippen molar-refractivity contribution < 1.29 is 0 Å².